The molecule has 2 heteroatoms. The Kier molecular flexibility index (Phi) is 5.91. The maximum atomic E-state index is 2.44. The van der Waals surface area contributed by atoms with Crippen molar-refractivity contribution in [1.29, 1.82) is 0 Å². The van der Waals surface area contributed by atoms with Crippen LogP contribution in [0.15, 0.2) is 176 Å². The molecule has 2 heterocycles. The Morgan fingerprint density at radius 3 is 1.37 bits per heavy atom. The lowest BCUT2D eigenvalue weighted by Gasteiger charge is -2.14. The monoisotopic (exact) mass is 648 g/mol. The molecule has 9 aromatic carbocycles. The summed E-state index contributed by atoms with van der Waals surface area (Å²) in [6.07, 6.45) is 0. The van der Waals surface area contributed by atoms with Crippen LogP contribution in [0, 0.1) is 6.92 Å². The number of benzene rings is 9. The molecule has 0 fully saturated rings. The van der Waals surface area contributed by atoms with E-state index in [1.165, 1.54) is 104 Å². The number of rotatable bonds is 3. The fourth-order valence-corrected chi connectivity index (χ4v) is 8.64. The van der Waals surface area contributed by atoms with Gasteiger partial charge in [-0.3, -0.25) is 0 Å². The highest BCUT2D eigenvalue weighted by atomic mass is 15.0. The quantitative estimate of drug-likeness (QED) is 0.169. The summed E-state index contributed by atoms with van der Waals surface area (Å²) in [5.74, 6) is 0. The lowest BCUT2D eigenvalue weighted by molar-refractivity contribution is 1.18. The first kappa shape index (κ1) is 28.2. The van der Waals surface area contributed by atoms with Crippen LogP contribution >= 0.6 is 0 Å². The minimum Gasteiger partial charge on any atom is -0.309 e. The molecule has 0 radical (unpaired) electrons. The van der Waals surface area contributed by atoms with Gasteiger partial charge in [-0.1, -0.05) is 115 Å². The predicted octanol–water partition coefficient (Wildman–Crippen LogP) is 13.3. The lowest BCUT2D eigenvalue weighted by Crippen LogP contribution is -1.94. The summed E-state index contributed by atoms with van der Waals surface area (Å²) in [4.78, 5) is 0. The number of para-hydroxylation sites is 2. The van der Waals surface area contributed by atoms with Crippen molar-refractivity contribution >= 4 is 75.9 Å². The van der Waals surface area contributed by atoms with E-state index in [1.54, 1.807) is 0 Å². The summed E-state index contributed by atoms with van der Waals surface area (Å²) in [6, 6.07) is 64.9. The van der Waals surface area contributed by atoms with Crippen molar-refractivity contribution in [3.05, 3.63) is 181 Å². The van der Waals surface area contributed by atoms with Crippen molar-refractivity contribution in [2.75, 3.05) is 0 Å². The summed E-state index contributed by atoms with van der Waals surface area (Å²) < 4.78 is 4.83. The van der Waals surface area contributed by atoms with Crippen LogP contribution in [-0.2, 0) is 0 Å². The molecular formula is C49H32N2. The number of aromatic nitrogens is 2. The Morgan fingerprint density at radius 2 is 0.725 bits per heavy atom. The summed E-state index contributed by atoms with van der Waals surface area (Å²) >= 11 is 0. The van der Waals surface area contributed by atoms with Gasteiger partial charge in [0.1, 0.15) is 0 Å². The van der Waals surface area contributed by atoms with Gasteiger partial charge < -0.3 is 9.13 Å². The fraction of sp³-hybridized carbons (Fsp3) is 0.0204. The summed E-state index contributed by atoms with van der Waals surface area (Å²) in [6.45, 7) is 2.18. The van der Waals surface area contributed by atoms with E-state index in [4.69, 9.17) is 0 Å². The second-order valence-electron chi connectivity index (χ2n) is 13.8. The van der Waals surface area contributed by atoms with E-state index in [2.05, 4.69) is 192 Å². The second kappa shape index (κ2) is 10.7. The summed E-state index contributed by atoms with van der Waals surface area (Å²) in [5.41, 5.74) is 10.9. The first-order valence-corrected chi connectivity index (χ1v) is 17.7. The van der Waals surface area contributed by atoms with Gasteiger partial charge in [-0.25, -0.2) is 0 Å². The van der Waals surface area contributed by atoms with Crippen LogP contribution in [0.1, 0.15) is 5.56 Å². The van der Waals surface area contributed by atoms with Gasteiger partial charge in [-0.15, -0.1) is 0 Å². The van der Waals surface area contributed by atoms with E-state index in [1.807, 2.05) is 0 Å². The van der Waals surface area contributed by atoms with Gasteiger partial charge >= 0.3 is 0 Å². The zero-order valence-corrected chi connectivity index (χ0v) is 28.1. The van der Waals surface area contributed by atoms with Crippen LogP contribution in [0.25, 0.3) is 98.4 Å². The average Bonchev–Trinajstić information content (AvgIpc) is 3.70. The maximum Gasteiger partial charge on any atom is 0.0541 e. The molecule has 2 nitrogen and oxygen atoms in total. The molecular weight excluding hydrogens is 617 g/mol. The van der Waals surface area contributed by atoms with E-state index < -0.39 is 0 Å². The van der Waals surface area contributed by atoms with Crippen molar-refractivity contribution < 1.29 is 0 Å². The third-order valence-corrected chi connectivity index (χ3v) is 10.9. The fourth-order valence-electron chi connectivity index (χ4n) is 8.64. The first-order chi connectivity index (χ1) is 25.2. The van der Waals surface area contributed by atoms with Gasteiger partial charge in [0.05, 0.1) is 22.1 Å². The molecule has 0 saturated carbocycles. The minimum atomic E-state index is 1.17. The Labute approximate surface area is 295 Å². The molecule has 0 aliphatic carbocycles. The number of aryl methyl sites for hydroxylation is 1. The molecule has 0 aliphatic heterocycles. The van der Waals surface area contributed by atoms with Gasteiger partial charge in [-0.2, -0.15) is 0 Å². The Bertz CT molecular complexity index is 3160. The van der Waals surface area contributed by atoms with E-state index >= 15 is 0 Å². The largest absolute Gasteiger partial charge is 0.309 e. The van der Waals surface area contributed by atoms with Crippen molar-refractivity contribution in [3.8, 4) is 22.5 Å². The summed E-state index contributed by atoms with van der Waals surface area (Å²) in [7, 11) is 0. The van der Waals surface area contributed by atoms with Crippen molar-refractivity contribution in [2.24, 2.45) is 0 Å². The van der Waals surface area contributed by atoms with Crippen LogP contribution in [0.3, 0.4) is 0 Å². The standard InChI is InChI=1S/C49H32N2/c1-31-19-24-47-43(27-31)45-29-33(21-26-49(45)50(47)34-11-3-2-4-12-34)32-20-25-48-44(28-32)41-17-9-10-18-46(41)51(48)35-22-23-40-38-15-6-5-13-36(38)37-14-7-8-16-39(37)42(40)30-35/h2-30H,1H3. The lowest BCUT2D eigenvalue weighted by atomic mass is 9.94. The Hall–Kier alpha value is -6.64. The van der Waals surface area contributed by atoms with Crippen LogP contribution in [0.4, 0.5) is 0 Å². The van der Waals surface area contributed by atoms with E-state index in [0.29, 0.717) is 0 Å². The second-order valence-corrected chi connectivity index (χ2v) is 13.8. The molecule has 0 amide bonds. The molecule has 2 aromatic heterocycles. The van der Waals surface area contributed by atoms with E-state index in [-0.39, 0.29) is 0 Å². The van der Waals surface area contributed by atoms with Crippen LogP contribution in [-0.4, -0.2) is 9.13 Å². The molecule has 0 bridgehead atoms. The molecule has 238 valence electrons. The van der Waals surface area contributed by atoms with Crippen LogP contribution in [0.2, 0.25) is 0 Å². The predicted molar refractivity (Wildman–Crippen MR) is 218 cm³/mol. The number of hydrogen-bond acceptors (Lipinski definition) is 0. The number of fused-ring (bicyclic) bond motifs is 12. The van der Waals surface area contributed by atoms with Crippen molar-refractivity contribution in [2.45, 2.75) is 6.92 Å². The van der Waals surface area contributed by atoms with Gasteiger partial charge in [-0.05, 0) is 117 Å². The Morgan fingerprint density at radius 1 is 0.275 bits per heavy atom. The maximum absolute atomic E-state index is 2.44. The normalized spacial score (nSPS) is 12.0. The number of hydrogen-bond donors (Lipinski definition) is 0. The molecule has 0 saturated heterocycles. The molecule has 11 aromatic rings. The van der Waals surface area contributed by atoms with Gasteiger partial charge in [0.15, 0.2) is 0 Å². The molecule has 0 aliphatic rings. The average molecular weight is 649 g/mol. The number of nitrogens with zero attached hydrogens (tertiary/aromatic N) is 2. The van der Waals surface area contributed by atoms with Gasteiger partial charge in [0, 0.05) is 32.9 Å². The van der Waals surface area contributed by atoms with E-state index in [9.17, 15) is 0 Å². The zero-order valence-electron chi connectivity index (χ0n) is 28.1. The first-order valence-electron chi connectivity index (χ1n) is 17.7. The van der Waals surface area contributed by atoms with Crippen molar-refractivity contribution in [1.82, 2.24) is 9.13 Å². The zero-order chi connectivity index (χ0) is 33.6. The molecule has 0 spiro atoms. The highest BCUT2D eigenvalue weighted by molar-refractivity contribution is 6.25. The van der Waals surface area contributed by atoms with Crippen molar-refractivity contribution in [3.63, 3.8) is 0 Å². The third-order valence-electron chi connectivity index (χ3n) is 10.9. The smallest absolute Gasteiger partial charge is 0.0541 e. The highest BCUT2D eigenvalue weighted by Gasteiger charge is 2.17. The molecule has 0 unspecified atom stereocenters. The van der Waals surface area contributed by atoms with Crippen LogP contribution < -0.4 is 0 Å². The molecule has 0 atom stereocenters. The van der Waals surface area contributed by atoms with Gasteiger partial charge in [0.2, 0.25) is 0 Å². The summed E-state index contributed by atoms with van der Waals surface area (Å²) in [5, 5.41) is 12.8. The van der Waals surface area contributed by atoms with Crippen LogP contribution in [0.5, 0.6) is 0 Å². The molecule has 0 N–H and O–H groups in total. The topological polar surface area (TPSA) is 9.86 Å². The highest BCUT2D eigenvalue weighted by Crippen LogP contribution is 2.40. The molecule has 11 rings (SSSR count). The third kappa shape index (κ3) is 4.11. The Balaban J connectivity index is 1.12. The van der Waals surface area contributed by atoms with Gasteiger partial charge in [0.25, 0.3) is 0 Å². The van der Waals surface area contributed by atoms with E-state index in [0.717, 1.165) is 0 Å². The SMILES string of the molecule is Cc1ccc2c(c1)c1cc(-c3ccc4c(c3)c3ccccc3n4-c3ccc4c5ccccc5c5ccccc5c4c3)ccc1n2-c1ccccc1. The molecule has 51 heavy (non-hydrogen) atoms. The minimum absolute atomic E-state index is 1.17.